The Balaban J connectivity index is 1.70. The van der Waals surface area contributed by atoms with E-state index in [9.17, 15) is 0 Å². The van der Waals surface area contributed by atoms with Crippen LogP contribution in [-0.4, -0.2) is 18.5 Å². The Hall–Kier alpha value is -0.340. The van der Waals surface area contributed by atoms with Crippen LogP contribution in [0.25, 0.3) is 0 Å². The van der Waals surface area contributed by atoms with Crippen LogP contribution in [0, 0.1) is 5.92 Å². The molecule has 90 valence electrons. The summed E-state index contributed by atoms with van der Waals surface area (Å²) >= 11 is 0. The van der Waals surface area contributed by atoms with Gasteiger partial charge in [0.15, 0.2) is 6.29 Å². The zero-order valence-electron chi connectivity index (χ0n) is 9.99. The molecule has 2 nitrogen and oxygen atoms in total. The Kier molecular flexibility index (Phi) is 3.03. The zero-order valence-corrected chi connectivity index (χ0v) is 9.99. The number of rotatable bonds is 2. The van der Waals surface area contributed by atoms with Gasteiger partial charge in [0, 0.05) is 6.61 Å². The van der Waals surface area contributed by atoms with E-state index in [0.29, 0.717) is 0 Å². The minimum Gasteiger partial charge on any atom is -0.353 e. The lowest BCUT2D eigenvalue weighted by atomic mass is 9.82. The van der Waals surface area contributed by atoms with Gasteiger partial charge in [-0.1, -0.05) is 12.2 Å². The van der Waals surface area contributed by atoms with Crippen molar-refractivity contribution in [1.29, 1.82) is 0 Å². The third-order valence-electron chi connectivity index (χ3n) is 4.38. The first-order chi connectivity index (χ1) is 7.89. The van der Waals surface area contributed by atoms with Crippen LogP contribution in [-0.2, 0) is 9.47 Å². The van der Waals surface area contributed by atoms with E-state index < -0.39 is 0 Å². The molecule has 1 saturated carbocycles. The van der Waals surface area contributed by atoms with Gasteiger partial charge in [0.2, 0.25) is 0 Å². The monoisotopic (exact) mass is 222 g/mol. The molecule has 0 aromatic carbocycles. The Morgan fingerprint density at radius 1 is 1.12 bits per heavy atom. The molecule has 1 saturated heterocycles. The number of fused-ring (bicyclic) bond motifs is 1. The number of hydrogen-bond acceptors (Lipinski definition) is 2. The molecule has 1 heterocycles. The molecular formula is C14H22O2. The van der Waals surface area contributed by atoms with Crippen molar-refractivity contribution in [1.82, 2.24) is 0 Å². The molecule has 16 heavy (non-hydrogen) atoms. The van der Waals surface area contributed by atoms with Crippen molar-refractivity contribution in [2.24, 2.45) is 5.92 Å². The van der Waals surface area contributed by atoms with Gasteiger partial charge in [-0.2, -0.15) is 0 Å². The van der Waals surface area contributed by atoms with Crippen molar-refractivity contribution in [2.45, 2.75) is 63.3 Å². The van der Waals surface area contributed by atoms with Crippen LogP contribution >= 0.6 is 0 Å². The molecule has 0 amide bonds. The second-order valence-corrected chi connectivity index (χ2v) is 5.44. The van der Waals surface area contributed by atoms with Crippen molar-refractivity contribution in [3.05, 3.63) is 12.2 Å². The number of allylic oxidation sites excluding steroid dienone is 1. The minimum atomic E-state index is 0.0419. The van der Waals surface area contributed by atoms with Crippen LogP contribution in [0.5, 0.6) is 0 Å². The van der Waals surface area contributed by atoms with Gasteiger partial charge in [-0.15, -0.1) is 0 Å². The molecular weight excluding hydrogens is 200 g/mol. The van der Waals surface area contributed by atoms with Gasteiger partial charge < -0.3 is 9.47 Å². The maximum atomic E-state index is 6.33. The predicted molar refractivity (Wildman–Crippen MR) is 63.1 cm³/mol. The van der Waals surface area contributed by atoms with Gasteiger partial charge in [-0.05, 0) is 57.3 Å². The summed E-state index contributed by atoms with van der Waals surface area (Å²) in [5, 5.41) is 0. The Morgan fingerprint density at radius 2 is 2.12 bits per heavy atom. The fourth-order valence-corrected chi connectivity index (χ4v) is 3.50. The number of ether oxygens (including phenoxy) is 2. The highest BCUT2D eigenvalue weighted by atomic mass is 16.7. The lowest BCUT2D eigenvalue weighted by Gasteiger charge is -2.39. The molecule has 1 unspecified atom stereocenters. The summed E-state index contributed by atoms with van der Waals surface area (Å²) in [6, 6.07) is 0. The normalized spacial score (nSPS) is 43.2. The molecule has 0 N–H and O–H groups in total. The van der Waals surface area contributed by atoms with Gasteiger partial charge in [0.05, 0.1) is 5.60 Å². The van der Waals surface area contributed by atoms with Crippen molar-refractivity contribution in [3.63, 3.8) is 0 Å². The first-order valence-electron chi connectivity index (χ1n) is 6.86. The Morgan fingerprint density at radius 3 is 3.00 bits per heavy atom. The van der Waals surface area contributed by atoms with Gasteiger partial charge in [0.25, 0.3) is 0 Å². The topological polar surface area (TPSA) is 18.5 Å². The molecule has 3 aliphatic rings. The van der Waals surface area contributed by atoms with Gasteiger partial charge >= 0.3 is 0 Å². The molecule has 2 heteroatoms. The fourth-order valence-electron chi connectivity index (χ4n) is 3.50. The van der Waals surface area contributed by atoms with Crippen molar-refractivity contribution >= 4 is 0 Å². The van der Waals surface area contributed by atoms with Gasteiger partial charge in [0.1, 0.15) is 0 Å². The maximum Gasteiger partial charge on any atom is 0.158 e. The number of hydrogen-bond donors (Lipinski definition) is 0. The lowest BCUT2D eigenvalue weighted by molar-refractivity contribution is -0.221. The van der Waals surface area contributed by atoms with Crippen LogP contribution in [0.2, 0.25) is 0 Å². The van der Waals surface area contributed by atoms with Crippen molar-refractivity contribution in [2.75, 3.05) is 6.61 Å². The van der Waals surface area contributed by atoms with Gasteiger partial charge in [-0.3, -0.25) is 0 Å². The van der Waals surface area contributed by atoms with E-state index in [1.54, 1.807) is 0 Å². The Labute approximate surface area is 98.0 Å². The minimum absolute atomic E-state index is 0.0419. The van der Waals surface area contributed by atoms with Crippen LogP contribution in [0.4, 0.5) is 0 Å². The van der Waals surface area contributed by atoms with Crippen LogP contribution in [0.15, 0.2) is 12.2 Å². The molecule has 0 radical (unpaired) electrons. The average molecular weight is 222 g/mol. The quantitative estimate of drug-likeness (QED) is 0.666. The van der Waals surface area contributed by atoms with Gasteiger partial charge in [-0.25, -0.2) is 0 Å². The zero-order chi connectivity index (χ0) is 10.8. The summed E-state index contributed by atoms with van der Waals surface area (Å²) < 4.78 is 12.1. The molecule has 0 aromatic rings. The third-order valence-corrected chi connectivity index (χ3v) is 4.38. The summed E-state index contributed by atoms with van der Waals surface area (Å²) in [5.74, 6) is 0.753. The van der Waals surface area contributed by atoms with E-state index in [2.05, 4.69) is 12.2 Å². The van der Waals surface area contributed by atoms with E-state index in [0.717, 1.165) is 18.9 Å². The SMILES string of the molecule is C1=C[C@]2(OC3CCCCO3)CCC[C@@H]2CC1. The summed E-state index contributed by atoms with van der Waals surface area (Å²) in [6.07, 6.45) is 14.7. The first-order valence-corrected chi connectivity index (χ1v) is 6.86. The highest BCUT2D eigenvalue weighted by Gasteiger charge is 2.44. The maximum absolute atomic E-state index is 6.33. The molecule has 3 atom stereocenters. The summed E-state index contributed by atoms with van der Waals surface area (Å²) in [5.41, 5.74) is 0.0419. The standard InChI is InChI=1S/C14H22O2/c1-3-9-14(10-5-7-12(14)6-1)16-13-8-2-4-11-15-13/h3,9,12-13H,1-2,4-8,10-11H2/t12-,13?,14-/m0/s1. The molecule has 0 aromatic heterocycles. The van der Waals surface area contributed by atoms with Crippen LogP contribution in [0.1, 0.15) is 51.4 Å². The van der Waals surface area contributed by atoms with E-state index >= 15 is 0 Å². The van der Waals surface area contributed by atoms with Crippen LogP contribution < -0.4 is 0 Å². The summed E-state index contributed by atoms with van der Waals surface area (Å²) in [6.45, 7) is 0.884. The van der Waals surface area contributed by atoms with Crippen molar-refractivity contribution in [3.8, 4) is 0 Å². The third kappa shape index (κ3) is 1.93. The molecule has 0 spiro atoms. The molecule has 2 aliphatic carbocycles. The second kappa shape index (κ2) is 4.50. The molecule has 3 rings (SSSR count). The molecule has 2 fully saturated rings. The smallest absolute Gasteiger partial charge is 0.158 e. The molecule has 1 aliphatic heterocycles. The highest BCUT2D eigenvalue weighted by Crippen LogP contribution is 2.46. The average Bonchev–Trinajstić information content (AvgIpc) is 2.73. The summed E-state index contributed by atoms with van der Waals surface area (Å²) in [4.78, 5) is 0. The highest BCUT2D eigenvalue weighted by molar-refractivity contribution is 5.13. The lowest BCUT2D eigenvalue weighted by Crippen LogP contribution is -2.41. The van der Waals surface area contributed by atoms with E-state index in [4.69, 9.17) is 9.47 Å². The summed E-state index contributed by atoms with van der Waals surface area (Å²) in [7, 11) is 0. The first kappa shape index (κ1) is 10.8. The van der Waals surface area contributed by atoms with E-state index in [-0.39, 0.29) is 11.9 Å². The Bertz CT molecular complexity index is 268. The fraction of sp³-hybridized carbons (Fsp3) is 0.857. The van der Waals surface area contributed by atoms with Crippen molar-refractivity contribution < 1.29 is 9.47 Å². The van der Waals surface area contributed by atoms with E-state index in [1.165, 1.54) is 44.9 Å². The second-order valence-electron chi connectivity index (χ2n) is 5.44. The predicted octanol–water partition coefficient (Wildman–Crippen LogP) is 3.42. The largest absolute Gasteiger partial charge is 0.353 e. The van der Waals surface area contributed by atoms with Crippen LogP contribution in [0.3, 0.4) is 0 Å². The molecule has 0 bridgehead atoms. The van der Waals surface area contributed by atoms with E-state index in [1.807, 2.05) is 0 Å².